The van der Waals surface area contributed by atoms with E-state index in [1.165, 1.54) is 13.4 Å². The highest BCUT2D eigenvalue weighted by Crippen LogP contribution is 2.35. The lowest BCUT2D eigenvalue weighted by Crippen LogP contribution is -2.02. The minimum absolute atomic E-state index is 0.198. The highest BCUT2D eigenvalue weighted by Gasteiger charge is 2.28. The minimum Gasteiger partial charge on any atom is -0.489 e. The predicted octanol–water partition coefficient (Wildman–Crippen LogP) is 4.26. The van der Waals surface area contributed by atoms with Gasteiger partial charge in [-0.1, -0.05) is 12.1 Å². The molecule has 0 atom stereocenters. The van der Waals surface area contributed by atoms with Crippen molar-refractivity contribution in [1.82, 2.24) is 0 Å². The molecule has 4 rings (SSSR count). The Kier molecular flexibility index (Phi) is 4.68. The van der Waals surface area contributed by atoms with E-state index in [1.54, 1.807) is 60.7 Å². The van der Waals surface area contributed by atoms with E-state index in [1.807, 2.05) is 0 Å². The lowest BCUT2D eigenvalue weighted by molar-refractivity contribution is 0.0600. The van der Waals surface area contributed by atoms with Gasteiger partial charge in [0.15, 0.2) is 5.76 Å². The summed E-state index contributed by atoms with van der Waals surface area (Å²) in [6, 6.07) is 15.5. The third-order valence-electron chi connectivity index (χ3n) is 4.24. The fourth-order valence-electron chi connectivity index (χ4n) is 2.78. The maximum absolute atomic E-state index is 12.4. The summed E-state index contributed by atoms with van der Waals surface area (Å²) in [7, 11) is 1.34. The summed E-state index contributed by atoms with van der Waals surface area (Å²) in [4.78, 5) is 23.9. The molecule has 6 heteroatoms. The van der Waals surface area contributed by atoms with Crippen molar-refractivity contribution in [3.63, 3.8) is 0 Å². The quantitative estimate of drug-likeness (QED) is 0.489. The molecule has 2 aromatic carbocycles. The van der Waals surface area contributed by atoms with Gasteiger partial charge in [-0.15, -0.1) is 0 Å². The van der Waals surface area contributed by atoms with Crippen molar-refractivity contribution in [2.45, 2.75) is 6.61 Å². The van der Waals surface area contributed by atoms with Crippen LogP contribution in [-0.4, -0.2) is 18.9 Å². The Morgan fingerprint density at radius 2 is 1.93 bits per heavy atom. The second-order valence-electron chi connectivity index (χ2n) is 6.09. The van der Waals surface area contributed by atoms with Crippen molar-refractivity contribution in [1.29, 1.82) is 0 Å². The van der Waals surface area contributed by atoms with Crippen molar-refractivity contribution in [3.05, 3.63) is 89.1 Å². The second-order valence-corrected chi connectivity index (χ2v) is 6.09. The molecule has 0 N–H and O–H groups in total. The van der Waals surface area contributed by atoms with Crippen molar-refractivity contribution in [2.24, 2.45) is 0 Å². The molecule has 0 amide bonds. The Morgan fingerprint density at radius 1 is 1.11 bits per heavy atom. The van der Waals surface area contributed by atoms with Crippen LogP contribution in [0.1, 0.15) is 32.0 Å². The SMILES string of the molecule is COC(=O)c1ccc(COc2ccc3c(c2)O/C(=C\c2ccco2)C3=O)cc1. The molecule has 1 aliphatic rings. The van der Waals surface area contributed by atoms with Gasteiger partial charge in [0, 0.05) is 12.1 Å². The maximum Gasteiger partial charge on any atom is 0.337 e. The molecule has 0 radical (unpaired) electrons. The first-order valence-corrected chi connectivity index (χ1v) is 8.56. The summed E-state index contributed by atoms with van der Waals surface area (Å²) >= 11 is 0. The average molecular weight is 376 g/mol. The molecule has 0 unspecified atom stereocenters. The van der Waals surface area contributed by atoms with Crippen LogP contribution in [-0.2, 0) is 11.3 Å². The minimum atomic E-state index is -0.383. The number of ether oxygens (including phenoxy) is 3. The van der Waals surface area contributed by atoms with E-state index in [2.05, 4.69) is 4.74 Å². The Labute approximate surface area is 160 Å². The zero-order valence-electron chi connectivity index (χ0n) is 15.0. The molecular weight excluding hydrogens is 360 g/mol. The van der Waals surface area contributed by atoms with Gasteiger partial charge in [-0.3, -0.25) is 4.79 Å². The van der Waals surface area contributed by atoms with Crippen LogP contribution in [0.3, 0.4) is 0 Å². The molecule has 0 saturated carbocycles. The largest absolute Gasteiger partial charge is 0.489 e. The number of fused-ring (bicyclic) bond motifs is 1. The molecule has 0 spiro atoms. The fourth-order valence-corrected chi connectivity index (χ4v) is 2.78. The number of rotatable bonds is 5. The molecule has 0 saturated heterocycles. The third-order valence-corrected chi connectivity index (χ3v) is 4.24. The van der Waals surface area contributed by atoms with E-state index in [9.17, 15) is 9.59 Å². The third kappa shape index (κ3) is 3.53. The molecule has 6 nitrogen and oxygen atoms in total. The van der Waals surface area contributed by atoms with Crippen molar-refractivity contribution < 1.29 is 28.2 Å². The number of carbonyl (C=O) groups is 2. The van der Waals surface area contributed by atoms with Gasteiger partial charge in [0.1, 0.15) is 23.9 Å². The molecule has 1 aromatic heterocycles. The number of furan rings is 1. The summed E-state index contributed by atoms with van der Waals surface area (Å²) in [5.74, 6) is 1.19. The normalized spacial score (nSPS) is 13.9. The lowest BCUT2D eigenvalue weighted by Gasteiger charge is -2.08. The van der Waals surface area contributed by atoms with Crippen LogP contribution in [0.5, 0.6) is 11.5 Å². The number of hydrogen-bond acceptors (Lipinski definition) is 6. The van der Waals surface area contributed by atoms with Crippen LogP contribution in [0.25, 0.3) is 6.08 Å². The zero-order valence-corrected chi connectivity index (χ0v) is 15.0. The molecule has 3 aromatic rings. The smallest absolute Gasteiger partial charge is 0.337 e. The van der Waals surface area contributed by atoms with E-state index < -0.39 is 0 Å². The Morgan fingerprint density at radius 3 is 2.64 bits per heavy atom. The van der Waals surface area contributed by atoms with E-state index in [0.717, 1.165) is 5.56 Å². The number of Topliss-reactive ketones (excluding diaryl/α,β-unsaturated/α-hetero) is 1. The number of benzene rings is 2. The van der Waals surface area contributed by atoms with Gasteiger partial charge in [0.2, 0.25) is 5.78 Å². The molecule has 28 heavy (non-hydrogen) atoms. The zero-order chi connectivity index (χ0) is 19.5. The molecule has 2 heterocycles. The topological polar surface area (TPSA) is 75.0 Å². The molecular formula is C22H16O6. The first-order valence-electron chi connectivity index (χ1n) is 8.56. The Hall–Kier alpha value is -3.80. The van der Waals surface area contributed by atoms with Gasteiger partial charge < -0.3 is 18.6 Å². The lowest BCUT2D eigenvalue weighted by atomic mass is 10.1. The summed E-state index contributed by atoms with van der Waals surface area (Å²) in [5.41, 5.74) is 1.85. The molecule has 140 valence electrons. The molecule has 0 aliphatic carbocycles. The van der Waals surface area contributed by atoms with Gasteiger partial charge in [-0.25, -0.2) is 4.79 Å². The van der Waals surface area contributed by atoms with Crippen LogP contribution in [0.15, 0.2) is 71.0 Å². The van der Waals surface area contributed by atoms with E-state index in [0.29, 0.717) is 35.0 Å². The highest BCUT2D eigenvalue weighted by atomic mass is 16.5. The molecule has 0 fully saturated rings. The number of methoxy groups -OCH3 is 1. The van der Waals surface area contributed by atoms with Gasteiger partial charge in [0.25, 0.3) is 0 Å². The predicted molar refractivity (Wildman–Crippen MR) is 100 cm³/mol. The maximum atomic E-state index is 12.4. The fraction of sp³-hybridized carbons (Fsp3) is 0.0909. The Balaban J connectivity index is 1.45. The summed E-state index contributed by atoms with van der Waals surface area (Å²) in [5, 5.41) is 0. The first kappa shape index (κ1) is 17.6. The van der Waals surface area contributed by atoms with Crippen LogP contribution < -0.4 is 9.47 Å². The number of carbonyl (C=O) groups excluding carboxylic acids is 2. The van der Waals surface area contributed by atoms with E-state index in [4.69, 9.17) is 13.9 Å². The van der Waals surface area contributed by atoms with Gasteiger partial charge in [-0.05, 0) is 42.0 Å². The summed E-state index contributed by atoms with van der Waals surface area (Å²) < 4.78 is 21.3. The van der Waals surface area contributed by atoms with Crippen molar-refractivity contribution in [3.8, 4) is 11.5 Å². The highest BCUT2D eigenvalue weighted by molar-refractivity contribution is 6.14. The molecule has 1 aliphatic heterocycles. The van der Waals surface area contributed by atoms with E-state index in [-0.39, 0.29) is 17.5 Å². The number of allylic oxidation sites excluding steroid dienone is 1. The Bertz CT molecular complexity index is 1050. The first-order chi connectivity index (χ1) is 13.6. The number of hydrogen-bond donors (Lipinski definition) is 0. The van der Waals surface area contributed by atoms with Crippen LogP contribution >= 0.6 is 0 Å². The van der Waals surface area contributed by atoms with Crippen LogP contribution in [0.2, 0.25) is 0 Å². The van der Waals surface area contributed by atoms with Crippen molar-refractivity contribution >= 4 is 17.8 Å². The monoisotopic (exact) mass is 376 g/mol. The number of esters is 1. The summed E-state index contributed by atoms with van der Waals surface area (Å²) in [6.45, 7) is 0.309. The standard InChI is InChI=1S/C22H16O6/c1-25-22(24)15-6-4-14(5-7-15)13-27-17-8-9-18-19(11-17)28-20(21(18)23)12-16-3-2-10-26-16/h2-12H,13H2,1H3/b20-12-. The number of ketones is 1. The average Bonchev–Trinajstić information content (AvgIpc) is 3.34. The van der Waals surface area contributed by atoms with Crippen LogP contribution in [0.4, 0.5) is 0 Å². The van der Waals surface area contributed by atoms with Gasteiger partial charge in [0.05, 0.1) is 24.5 Å². The van der Waals surface area contributed by atoms with E-state index >= 15 is 0 Å². The van der Waals surface area contributed by atoms with Crippen molar-refractivity contribution in [2.75, 3.05) is 7.11 Å². The molecule has 0 bridgehead atoms. The second kappa shape index (κ2) is 7.44. The summed E-state index contributed by atoms with van der Waals surface area (Å²) in [6.07, 6.45) is 3.09. The van der Waals surface area contributed by atoms with Crippen LogP contribution in [0, 0.1) is 0 Å². The van der Waals surface area contributed by atoms with Gasteiger partial charge in [-0.2, -0.15) is 0 Å². The van der Waals surface area contributed by atoms with Gasteiger partial charge >= 0.3 is 5.97 Å².